The average Bonchev–Trinajstić information content (AvgIpc) is 2.52. The van der Waals surface area contributed by atoms with Crippen molar-refractivity contribution in [1.29, 1.82) is 0 Å². The van der Waals surface area contributed by atoms with Gasteiger partial charge in [-0.15, -0.1) is 0 Å². The smallest absolute Gasteiger partial charge is 0.326 e. The second-order valence-electron chi connectivity index (χ2n) is 5.67. The zero-order chi connectivity index (χ0) is 19.6. The fraction of sp³-hybridized carbons (Fsp3) is 0.643. The number of rotatable bonds is 11. The molecule has 2 unspecified atom stereocenters. The van der Waals surface area contributed by atoms with Crippen LogP contribution in [0.25, 0.3) is 0 Å². The Hall–Kier alpha value is -2.69. The number of carbonyl (C=O) groups is 5. The molecule has 4 amide bonds. The van der Waals surface area contributed by atoms with Crippen molar-refractivity contribution >= 4 is 29.6 Å². The Kier molecular flexibility index (Phi) is 9.79. The number of primary amides is 1. The van der Waals surface area contributed by atoms with Gasteiger partial charge in [-0.1, -0.05) is 13.8 Å². The van der Waals surface area contributed by atoms with Gasteiger partial charge in [-0.2, -0.15) is 0 Å². The summed E-state index contributed by atoms with van der Waals surface area (Å²) in [4.78, 5) is 57.0. The van der Waals surface area contributed by atoms with Crippen molar-refractivity contribution in [3.63, 3.8) is 0 Å². The minimum absolute atomic E-state index is 0.0573. The number of hydrogen-bond acceptors (Lipinski definition) is 6. The zero-order valence-electron chi connectivity index (χ0n) is 14.2. The van der Waals surface area contributed by atoms with Crippen molar-refractivity contribution in [2.45, 2.75) is 38.8 Å². The Morgan fingerprint density at radius 1 is 1.04 bits per heavy atom. The van der Waals surface area contributed by atoms with Crippen LogP contribution in [0.5, 0.6) is 0 Å². The Bertz CT molecular complexity index is 522. The molecule has 0 fully saturated rings. The van der Waals surface area contributed by atoms with Gasteiger partial charge in [-0.25, -0.2) is 4.79 Å². The molecule has 0 saturated heterocycles. The highest BCUT2D eigenvalue weighted by Crippen LogP contribution is 2.01. The van der Waals surface area contributed by atoms with Gasteiger partial charge in [-0.05, 0) is 12.3 Å². The van der Waals surface area contributed by atoms with Crippen LogP contribution in [-0.2, 0) is 24.0 Å². The minimum Gasteiger partial charge on any atom is -0.480 e. The summed E-state index contributed by atoms with van der Waals surface area (Å²) in [7, 11) is 0. The van der Waals surface area contributed by atoms with Crippen molar-refractivity contribution in [3.8, 4) is 0 Å². The first-order valence-corrected chi connectivity index (χ1v) is 7.66. The molecule has 0 aromatic rings. The van der Waals surface area contributed by atoms with Gasteiger partial charge in [0.25, 0.3) is 0 Å². The topological polar surface area (TPSA) is 194 Å². The van der Waals surface area contributed by atoms with E-state index in [2.05, 4.69) is 16.0 Å². The maximum atomic E-state index is 12.1. The molecule has 0 aliphatic rings. The van der Waals surface area contributed by atoms with Gasteiger partial charge >= 0.3 is 5.97 Å². The first kappa shape index (κ1) is 22.3. The van der Waals surface area contributed by atoms with Gasteiger partial charge < -0.3 is 32.5 Å². The molecule has 0 aliphatic carbocycles. The maximum absolute atomic E-state index is 12.1. The summed E-state index contributed by atoms with van der Waals surface area (Å²) in [6.07, 6.45) is -0.207. The number of hydrogen-bond donors (Lipinski definition) is 6. The van der Waals surface area contributed by atoms with Crippen LogP contribution in [-0.4, -0.2) is 59.9 Å². The summed E-state index contributed by atoms with van der Waals surface area (Å²) >= 11 is 0. The maximum Gasteiger partial charge on any atom is 0.326 e. The van der Waals surface area contributed by atoms with Crippen LogP contribution in [0, 0.1) is 5.92 Å². The third kappa shape index (κ3) is 9.25. The lowest BCUT2D eigenvalue weighted by molar-refractivity contribution is -0.143. The Morgan fingerprint density at radius 3 is 2.08 bits per heavy atom. The number of carboxylic acid groups (broad SMARTS) is 1. The highest BCUT2D eigenvalue weighted by molar-refractivity contribution is 5.92. The molecule has 0 aromatic heterocycles. The molecular weight excluding hydrogens is 334 g/mol. The molecule has 0 spiro atoms. The summed E-state index contributed by atoms with van der Waals surface area (Å²) in [5.74, 6) is -4.21. The highest BCUT2D eigenvalue weighted by Gasteiger charge is 2.25. The van der Waals surface area contributed by atoms with Gasteiger partial charge in [0.05, 0.1) is 13.1 Å². The van der Waals surface area contributed by atoms with Gasteiger partial charge in [0.2, 0.25) is 23.6 Å². The van der Waals surface area contributed by atoms with E-state index >= 15 is 0 Å². The van der Waals surface area contributed by atoms with E-state index in [0.29, 0.717) is 0 Å². The van der Waals surface area contributed by atoms with E-state index in [1.165, 1.54) is 0 Å². The first-order chi connectivity index (χ1) is 11.6. The zero-order valence-corrected chi connectivity index (χ0v) is 14.2. The molecular formula is C14H25N5O6. The number of aliphatic carboxylic acids is 1. The van der Waals surface area contributed by atoms with Crippen molar-refractivity contribution in [2.24, 2.45) is 17.4 Å². The van der Waals surface area contributed by atoms with E-state index in [9.17, 15) is 24.0 Å². The van der Waals surface area contributed by atoms with E-state index in [1.54, 1.807) is 13.8 Å². The van der Waals surface area contributed by atoms with E-state index in [4.69, 9.17) is 16.6 Å². The molecule has 0 heterocycles. The van der Waals surface area contributed by atoms with Gasteiger partial charge in [-0.3, -0.25) is 19.2 Å². The van der Waals surface area contributed by atoms with Gasteiger partial charge in [0.15, 0.2) is 0 Å². The number of nitrogens with two attached hydrogens (primary N) is 2. The standard InChI is InChI=1S/C14H25N5O6/c1-7(2)12(14(24)25)19-11(22)6-17-13(23)8(3-4-9(16)20)18-10(21)5-15/h7-8,12H,3-6,15H2,1-2H3,(H2,16,20)(H,17,23)(H,18,21)(H,19,22)(H,24,25). The molecule has 11 heteroatoms. The van der Waals surface area contributed by atoms with Crippen LogP contribution in [0.4, 0.5) is 0 Å². The molecule has 0 rings (SSSR count). The van der Waals surface area contributed by atoms with Crippen molar-refractivity contribution < 1.29 is 29.1 Å². The Labute approximate surface area is 144 Å². The average molecular weight is 359 g/mol. The fourth-order valence-electron chi connectivity index (χ4n) is 1.84. The molecule has 2 atom stereocenters. The van der Waals surface area contributed by atoms with E-state index in [1.807, 2.05) is 0 Å². The lowest BCUT2D eigenvalue weighted by atomic mass is 10.0. The second kappa shape index (κ2) is 11.0. The van der Waals surface area contributed by atoms with Crippen LogP contribution >= 0.6 is 0 Å². The van der Waals surface area contributed by atoms with Crippen LogP contribution < -0.4 is 27.4 Å². The predicted molar refractivity (Wildman–Crippen MR) is 86.8 cm³/mol. The van der Waals surface area contributed by atoms with E-state index in [-0.39, 0.29) is 25.3 Å². The third-order valence-electron chi connectivity index (χ3n) is 3.19. The van der Waals surface area contributed by atoms with Crippen molar-refractivity contribution in [2.75, 3.05) is 13.1 Å². The van der Waals surface area contributed by atoms with Crippen LogP contribution in [0.1, 0.15) is 26.7 Å². The number of carbonyl (C=O) groups excluding carboxylic acids is 4. The molecule has 25 heavy (non-hydrogen) atoms. The summed E-state index contributed by atoms with van der Waals surface area (Å²) in [5.41, 5.74) is 10.2. The molecule has 11 nitrogen and oxygen atoms in total. The monoisotopic (exact) mass is 359 g/mol. The largest absolute Gasteiger partial charge is 0.480 e. The number of carboxylic acids is 1. The summed E-state index contributed by atoms with van der Waals surface area (Å²) in [6, 6.07) is -2.18. The van der Waals surface area contributed by atoms with E-state index < -0.39 is 48.2 Å². The lowest BCUT2D eigenvalue weighted by Crippen LogP contribution is -2.52. The second-order valence-corrected chi connectivity index (χ2v) is 5.67. The number of nitrogens with one attached hydrogen (secondary N) is 3. The molecule has 0 radical (unpaired) electrons. The molecule has 0 aromatic carbocycles. The SMILES string of the molecule is CC(C)C(NC(=O)CNC(=O)C(CCC(N)=O)NC(=O)CN)C(=O)O. The molecule has 0 aliphatic heterocycles. The summed E-state index contributed by atoms with van der Waals surface area (Å²) < 4.78 is 0. The molecule has 8 N–H and O–H groups in total. The van der Waals surface area contributed by atoms with Crippen LogP contribution in [0.15, 0.2) is 0 Å². The van der Waals surface area contributed by atoms with Crippen molar-refractivity contribution in [3.05, 3.63) is 0 Å². The fourth-order valence-corrected chi connectivity index (χ4v) is 1.84. The molecule has 0 saturated carbocycles. The quantitative estimate of drug-likeness (QED) is 0.227. The molecule has 0 bridgehead atoms. The molecule has 142 valence electrons. The Morgan fingerprint density at radius 2 is 1.64 bits per heavy atom. The summed E-state index contributed by atoms with van der Waals surface area (Å²) in [6.45, 7) is 2.41. The first-order valence-electron chi connectivity index (χ1n) is 7.66. The van der Waals surface area contributed by atoms with E-state index in [0.717, 1.165) is 0 Å². The van der Waals surface area contributed by atoms with Gasteiger partial charge in [0, 0.05) is 6.42 Å². The van der Waals surface area contributed by atoms with Crippen molar-refractivity contribution in [1.82, 2.24) is 16.0 Å². The predicted octanol–water partition coefficient (Wildman–Crippen LogP) is -2.96. The van der Waals surface area contributed by atoms with Gasteiger partial charge in [0.1, 0.15) is 12.1 Å². The highest BCUT2D eigenvalue weighted by atomic mass is 16.4. The van der Waals surface area contributed by atoms with Crippen LogP contribution in [0.3, 0.4) is 0 Å². The minimum atomic E-state index is -1.19. The third-order valence-corrected chi connectivity index (χ3v) is 3.19. The Balaban J connectivity index is 4.66. The number of amides is 4. The van der Waals surface area contributed by atoms with Crippen LogP contribution in [0.2, 0.25) is 0 Å². The lowest BCUT2D eigenvalue weighted by Gasteiger charge is -2.20. The summed E-state index contributed by atoms with van der Waals surface area (Å²) in [5, 5.41) is 15.9. The normalized spacial score (nSPS) is 12.8.